The molecule has 1 heterocycles. The monoisotopic (exact) mass is 220 g/mol. The van der Waals surface area contributed by atoms with Crippen LogP contribution < -0.4 is 0 Å². The van der Waals surface area contributed by atoms with Gasteiger partial charge in [-0.3, -0.25) is 0 Å². The van der Waals surface area contributed by atoms with Crippen molar-refractivity contribution in [3.05, 3.63) is 0 Å². The van der Waals surface area contributed by atoms with E-state index in [-0.39, 0.29) is 7.43 Å². The summed E-state index contributed by atoms with van der Waals surface area (Å²) >= 11 is 0. The largest absolute Gasteiger partial charge is 0.432 e. The van der Waals surface area contributed by atoms with Crippen LogP contribution in [0.25, 0.3) is 0 Å². The summed E-state index contributed by atoms with van der Waals surface area (Å²) in [6.45, 7) is 7.25. The van der Waals surface area contributed by atoms with Gasteiger partial charge in [0.05, 0.1) is 0 Å². The summed E-state index contributed by atoms with van der Waals surface area (Å²) in [5, 5.41) is 0. The Balaban J connectivity index is 0.00000144. The smallest absolute Gasteiger partial charge is 0.189 e. The van der Waals surface area contributed by atoms with Crippen LogP contribution in [0.4, 0.5) is 0 Å². The van der Waals surface area contributed by atoms with Gasteiger partial charge in [-0.2, -0.15) is 0 Å². The van der Waals surface area contributed by atoms with E-state index >= 15 is 0 Å². The normalized spacial score (nSPS) is 29.5. The van der Waals surface area contributed by atoms with Crippen molar-refractivity contribution in [2.75, 3.05) is 6.61 Å². The third kappa shape index (κ3) is 4.95. The predicted octanol–water partition coefficient (Wildman–Crippen LogP) is 2.74. The van der Waals surface area contributed by atoms with Crippen LogP contribution in [0.2, 0.25) is 31.4 Å². The van der Waals surface area contributed by atoms with Crippen LogP contribution in [0.3, 0.4) is 0 Å². The van der Waals surface area contributed by atoms with E-state index in [9.17, 15) is 4.80 Å². The van der Waals surface area contributed by atoms with Gasteiger partial charge in [0, 0.05) is 6.61 Å². The average Bonchev–Trinajstić information content (AvgIpc) is 1.83. The summed E-state index contributed by atoms with van der Waals surface area (Å²) < 4.78 is 5.86. The van der Waals surface area contributed by atoms with E-state index in [0.717, 1.165) is 12.3 Å². The first-order valence-electron chi connectivity index (χ1n) is 4.78. The molecule has 0 aliphatic carbocycles. The molecule has 0 radical (unpaired) electrons. The molecule has 1 aliphatic heterocycles. The summed E-state index contributed by atoms with van der Waals surface area (Å²) in [5.41, 5.74) is 1.01. The molecule has 1 fully saturated rings. The van der Waals surface area contributed by atoms with Crippen LogP contribution in [0.15, 0.2) is 0 Å². The topological polar surface area (TPSA) is 29.5 Å². The van der Waals surface area contributed by atoms with Gasteiger partial charge in [0.15, 0.2) is 16.6 Å². The molecule has 1 saturated heterocycles. The van der Waals surface area contributed by atoms with E-state index in [1.165, 1.54) is 18.9 Å². The molecule has 1 aliphatic rings. The van der Waals surface area contributed by atoms with Gasteiger partial charge < -0.3 is 9.22 Å². The molecule has 0 amide bonds. The molecule has 1 unspecified atom stereocenters. The van der Waals surface area contributed by atoms with Crippen molar-refractivity contribution in [2.24, 2.45) is 0 Å². The van der Waals surface area contributed by atoms with Gasteiger partial charge in [-0.25, -0.2) is 0 Å². The second-order valence-electron chi connectivity index (χ2n) is 4.74. The Kier molecular flexibility index (Phi) is 4.86. The van der Waals surface area contributed by atoms with Crippen molar-refractivity contribution < 1.29 is 9.22 Å². The highest BCUT2D eigenvalue weighted by Gasteiger charge is 2.37. The molecule has 4 heteroatoms. The highest BCUT2D eigenvalue weighted by molar-refractivity contribution is 6.89. The van der Waals surface area contributed by atoms with Crippen molar-refractivity contribution in [3.63, 3.8) is 0 Å². The van der Waals surface area contributed by atoms with E-state index in [0.29, 0.717) is 0 Å². The van der Waals surface area contributed by atoms with Gasteiger partial charge in [0.25, 0.3) is 0 Å². The molecule has 0 saturated carbocycles. The SMILES string of the molecule is C.C[Si](C)(O)C[Si]1(C)CCCCO1. The van der Waals surface area contributed by atoms with E-state index < -0.39 is 16.6 Å². The van der Waals surface area contributed by atoms with Gasteiger partial charge in [-0.15, -0.1) is 0 Å². The van der Waals surface area contributed by atoms with Gasteiger partial charge in [0.2, 0.25) is 0 Å². The van der Waals surface area contributed by atoms with Crippen molar-refractivity contribution in [1.82, 2.24) is 0 Å². The van der Waals surface area contributed by atoms with Gasteiger partial charge in [-0.1, -0.05) is 13.8 Å². The maximum Gasteiger partial charge on any atom is 0.189 e. The molecule has 0 aromatic rings. The van der Waals surface area contributed by atoms with E-state index in [1.807, 2.05) is 13.1 Å². The molecule has 1 rings (SSSR count). The molecule has 0 aromatic carbocycles. The maximum atomic E-state index is 9.83. The average molecular weight is 220 g/mol. The maximum absolute atomic E-state index is 9.83. The van der Waals surface area contributed by atoms with Crippen LogP contribution in [-0.2, 0) is 4.43 Å². The molecular formula is C9H24O2Si2. The Bertz CT molecular complexity index is 148. The molecular weight excluding hydrogens is 196 g/mol. The third-order valence-electron chi connectivity index (χ3n) is 2.36. The summed E-state index contributed by atoms with van der Waals surface area (Å²) in [7, 11) is -3.34. The minimum absolute atomic E-state index is 0. The fourth-order valence-electron chi connectivity index (χ4n) is 2.05. The van der Waals surface area contributed by atoms with Crippen molar-refractivity contribution in [2.45, 2.75) is 51.6 Å². The first-order valence-corrected chi connectivity index (χ1v) is 10.8. The third-order valence-corrected chi connectivity index (χ3v) is 11.1. The lowest BCUT2D eigenvalue weighted by atomic mass is 10.4. The van der Waals surface area contributed by atoms with Crippen molar-refractivity contribution in [3.8, 4) is 0 Å². The van der Waals surface area contributed by atoms with E-state index in [1.54, 1.807) is 0 Å². The second kappa shape index (κ2) is 4.73. The van der Waals surface area contributed by atoms with Crippen LogP contribution >= 0.6 is 0 Å². The molecule has 1 N–H and O–H groups in total. The van der Waals surface area contributed by atoms with Crippen LogP contribution in [0.1, 0.15) is 20.3 Å². The fraction of sp³-hybridized carbons (Fsp3) is 1.00. The highest BCUT2D eigenvalue weighted by atomic mass is 28.4. The summed E-state index contributed by atoms with van der Waals surface area (Å²) in [6, 6.07) is 1.25. The highest BCUT2D eigenvalue weighted by Crippen LogP contribution is 2.28. The first-order chi connectivity index (χ1) is 5.41. The van der Waals surface area contributed by atoms with Crippen LogP contribution in [-0.4, -0.2) is 28.0 Å². The zero-order chi connectivity index (χ0) is 9.24. The standard InChI is InChI=1S/C8H20O2Si2.CH4/c1-11(2,9)8-12(3)7-5-4-6-10-12;/h9H,4-8H2,1-3H3;1H4. The van der Waals surface area contributed by atoms with Crippen LogP contribution in [0, 0.1) is 0 Å². The fourth-order valence-corrected chi connectivity index (χ4v) is 12.3. The number of hydrogen-bond donors (Lipinski definition) is 1. The van der Waals surface area contributed by atoms with E-state index in [4.69, 9.17) is 4.43 Å². The molecule has 2 nitrogen and oxygen atoms in total. The van der Waals surface area contributed by atoms with Crippen molar-refractivity contribution in [1.29, 1.82) is 0 Å². The van der Waals surface area contributed by atoms with Gasteiger partial charge in [0.1, 0.15) is 0 Å². The number of rotatable bonds is 2. The lowest BCUT2D eigenvalue weighted by Crippen LogP contribution is -2.46. The molecule has 0 bridgehead atoms. The molecule has 0 aromatic heterocycles. The van der Waals surface area contributed by atoms with Crippen LogP contribution in [0.5, 0.6) is 0 Å². The Morgan fingerprint density at radius 1 is 1.38 bits per heavy atom. The van der Waals surface area contributed by atoms with E-state index in [2.05, 4.69) is 6.55 Å². The summed E-state index contributed by atoms with van der Waals surface area (Å²) in [6.07, 6.45) is 2.53. The lowest BCUT2D eigenvalue weighted by molar-refractivity contribution is 0.272. The quantitative estimate of drug-likeness (QED) is 0.725. The molecule has 1 atom stereocenters. The lowest BCUT2D eigenvalue weighted by Gasteiger charge is -2.34. The summed E-state index contributed by atoms with van der Waals surface area (Å²) in [4.78, 5) is 9.83. The Hall–Kier alpha value is 0.354. The second-order valence-corrected chi connectivity index (χ2v) is 13.5. The first kappa shape index (κ1) is 13.4. The Morgan fingerprint density at radius 3 is 2.38 bits per heavy atom. The predicted molar refractivity (Wildman–Crippen MR) is 62.8 cm³/mol. The Labute approximate surface area is 84.6 Å². The van der Waals surface area contributed by atoms with Gasteiger partial charge in [-0.05, 0) is 37.8 Å². The zero-order valence-electron chi connectivity index (χ0n) is 8.39. The summed E-state index contributed by atoms with van der Waals surface area (Å²) in [5.74, 6) is 0. The zero-order valence-corrected chi connectivity index (χ0v) is 10.4. The molecule has 80 valence electrons. The minimum atomic E-state index is -1.88. The Morgan fingerprint density at radius 2 is 2.00 bits per heavy atom. The van der Waals surface area contributed by atoms with Crippen molar-refractivity contribution >= 4 is 16.6 Å². The molecule has 0 spiro atoms. The minimum Gasteiger partial charge on any atom is -0.432 e. The van der Waals surface area contributed by atoms with Gasteiger partial charge >= 0.3 is 0 Å². The number of hydrogen-bond acceptors (Lipinski definition) is 2. The molecule has 13 heavy (non-hydrogen) atoms.